The van der Waals surface area contributed by atoms with E-state index in [1.807, 2.05) is 27.7 Å². The van der Waals surface area contributed by atoms with Gasteiger partial charge in [-0.1, -0.05) is 38.5 Å². The van der Waals surface area contributed by atoms with E-state index in [-0.39, 0.29) is 28.9 Å². The molecule has 0 aliphatic carbocycles. The molecule has 1 aliphatic rings. The molecule has 0 radical (unpaired) electrons. The molecule has 7 heteroatoms. The number of carboxylic acid groups (broad SMARTS) is 1. The highest BCUT2D eigenvalue weighted by Gasteiger charge is 2.38. The van der Waals surface area contributed by atoms with Crippen LogP contribution < -0.4 is 0 Å². The van der Waals surface area contributed by atoms with Crippen molar-refractivity contribution in [1.82, 2.24) is 4.90 Å². The molecule has 1 N–H and O–H groups in total. The van der Waals surface area contributed by atoms with E-state index >= 15 is 0 Å². The standard InChI is InChI=1S/C19H29NO5S/c1-14-5-7-16(8-6-14)26(23,24)25-12-10-15-9-11-20(18(21)22)17(13-15)19(2,3)4/h5-8,15,17H,9-13H2,1-4H3,(H,21,22). The third kappa shape index (κ3) is 5.20. The molecule has 2 unspecified atom stereocenters. The lowest BCUT2D eigenvalue weighted by atomic mass is 9.76. The Morgan fingerprint density at radius 2 is 1.88 bits per heavy atom. The van der Waals surface area contributed by atoms with Crippen LogP contribution in [0.5, 0.6) is 0 Å². The maximum atomic E-state index is 12.2. The second-order valence-electron chi connectivity index (χ2n) is 8.13. The fraction of sp³-hybridized carbons (Fsp3) is 0.632. The summed E-state index contributed by atoms with van der Waals surface area (Å²) in [6.07, 6.45) is 1.17. The predicted molar refractivity (Wildman–Crippen MR) is 99.6 cm³/mol. The van der Waals surface area contributed by atoms with E-state index in [1.54, 1.807) is 24.3 Å². The Morgan fingerprint density at radius 1 is 1.27 bits per heavy atom. The average Bonchev–Trinajstić information content (AvgIpc) is 2.54. The van der Waals surface area contributed by atoms with Gasteiger partial charge in [0.25, 0.3) is 10.1 Å². The van der Waals surface area contributed by atoms with Gasteiger partial charge in [0.05, 0.1) is 11.5 Å². The molecule has 1 saturated heterocycles. The normalized spacial score (nSPS) is 21.6. The van der Waals surface area contributed by atoms with Crippen molar-refractivity contribution in [3.63, 3.8) is 0 Å². The Kier molecular flexibility index (Phi) is 6.34. The van der Waals surface area contributed by atoms with E-state index in [9.17, 15) is 18.3 Å². The summed E-state index contributed by atoms with van der Waals surface area (Å²) in [6, 6.07) is 6.50. The van der Waals surface area contributed by atoms with Crippen molar-refractivity contribution >= 4 is 16.2 Å². The third-order valence-electron chi connectivity index (χ3n) is 5.03. The van der Waals surface area contributed by atoms with Crippen LogP contribution in [0.3, 0.4) is 0 Å². The molecule has 1 amide bonds. The number of amides is 1. The van der Waals surface area contributed by atoms with Crippen molar-refractivity contribution in [3.05, 3.63) is 29.8 Å². The molecule has 1 aliphatic heterocycles. The first-order chi connectivity index (χ1) is 12.0. The molecule has 26 heavy (non-hydrogen) atoms. The van der Waals surface area contributed by atoms with E-state index in [0.29, 0.717) is 13.0 Å². The fourth-order valence-corrected chi connectivity index (χ4v) is 4.37. The third-order valence-corrected chi connectivity index (χ3v) is 6.36. The molecule has 0 spiro atoms. The molecule has 2 rings (SSSR count). The van der Waals surface area contributed by atoms with Crippen molar-refractivity contribution in [3.8, 4) is 0 Å². The van der Waals surface area contributed by atoms with Gasteiger partial charge < -0.3 is 10.0 Å². The van der Waals surface area contributed by atoms with Crippen LogP contribution >= 0.6 is 0 Å². The van der Waals surface area contributed by atoms with Crippen LogP contribution in [0.1, 0.15) is 45.6 Å². The van der Waals surface area contributed by atoms with E-state index in [1.165, 1.54) is 4.90 Å². The summed E-state index contributed by atoms with van der Waals surface area (Å²) in [5.41, 5.74) is 0.827. The maximum Gasteiger partial charge on any atom is 0.407 e. The summed E-state index contributed by atoms with van der Waals surface area (Å²) < 4.78 is 29.7. The second-order valence-corrected chi connectivity index (χ2v) is 9.74. The highest BCUT2D eigenvalue weighted by Crippen LogP contribution is 2.35. The molecule has 146 valence electrons. The number of aryl methyl sites for hydroxylation is 1. The zero-order valence-corrected chi connectivity index (χ0v) is 16.8. The van der Waals surface area contributed by atoms with Crippen LogP contribution in [0.25, 0.3) is 0 Å². The number of piperidine rings is 1. The van der Waals surface area contributed by atoms with Gasteiger partial charge in [0.2, 0.25) is 0 Å². The molecule has 1 aromatic rings. The highest BCUT2D eigenvalue weighted by molar-refractivity contribution is 7.86. The Balaban J connectivity index is 1.93. The lowest BCUT2D eigenvalue weighted by Crippen LogP contribution is -2.51. The van der Waals surface area contributed by atoms with Gasteiger partial charge >= 0.3 is 6.09 Å². The first kappa shape index (κ1) is 20.7. The number of likely N-dealkylation sites (tertiary alicyclic amines) is 1. The first-order valence-corrected chi connectivity index (χ1v) is 10.4. The zero-order chi connectivity index (χ0) is 19.5. The van der Waals surface area contributed by atoms with Gasteiger partial charge in [0, 0.05) is 12.6 Å². The molecule has 0 aromatic heterocycles. The Labute approximate surface area is 156 Å². The first-order valence-electron chi connectivity index (χ1n) is 8.96. The molecule has 1 heterocycles. The fourth-order valence-electron chi connectivity index (χ4n) is 3.45. The lowest BCUT2D eigenvalue weighted by molar-refractivity contribution is 0.0366. The average molecular weight is 384 g/mol. The van der Waals surface area contributed by atoms with Gasteiger partial charge in [-0.25, -0.2) is 4.79 Å². The quantitative estimate of drug-likeness (QED) is 0.780. The van der Waals surface area contributed by atoms with Crippen molar-refractivity contribution in [2.45, 2.75) is 57.9 Å². The molecule has 1 aromatic carbocycles. The van der Waals surface area contributed by atoms with Gasteiger partial charge in [0.15, 0.2) is 0 Å². The summed E-state index contributed by atoms with van der Waals surface area (Å²) in [5, 5.41) is 9.41. The van der Waals surface area contributed by atoms with Gasteiger partial charge in [-0.2, -0.15) is 8.42 Å². The molecule has 0 bridgehead atoms. The van der Waals surface area contributed by atoms with E-state index in [0.717, 1.165) is 18.4 Å². The van der Waals surface area contributed by atoms with Gasteiger partial charge in [0.1, 0.15) is 0 Å². The van der Waals surface area contributed by atoms with Crippen LogP contribution in [-0.2, 0) is 14.3 Å². The van der Waals surface area contributed by atoms with Crippen LogP contribution in [0, 0.1) is 18.3 Å². The van der Waals surface area contributed by atoms with Crippen molar-refractivity contribution < 1.29 is 22.5 Å². The monoisotopic (exact) mass is 383 g/mol. The van der Waals surface area contributed by atoms with Crippen LogP contribution in [-0.4, -0.2) is 43.7 Å². The minimum absolute atomic E-state index is 0.0764. The number of carbonyl (C=O) groups is 1. The largest absolute Gasteiger partial charge is 0.465 e. The molecular formula is C19H29NO5S. The number of nitrogens with zero attached hydrogens (tertiary/aromatic N) is 1. The SMILES string of the molecule is Cc1ccc(S(=O)(=O)OCCC2CCN(C(=O)O)C(C(C)(C)C)C2)cc1. The topological polar surface area (TPSA) is 83.9 Å². The Morgan fingerprint density at radius 3 is 2.42 bits per heavy atom. The summed E-state index contributed by atoms with van der Waals surface area (Å²) >= 11 is 0. The van der Waals surface area contributed by atoms with E-state index in [2.05, 4.69) is 0 Å². The van der Waals surface area contributed by atoms with E-state index < -0.39 is 16.2 Å². The molecule has 0 saturated carbocycles. The minimum Gasteiger partial charge on any atom is -0.465 e. The van der Waals surface area contributed by atoms with Crippen LogP contribution in [0.4, 0.5) is 4.79 Å². The number of hydrogen-bond acceptors (Lipinski definition) is 4. The van der Waals surface area contributed by atoms with Crippen molar-refractivity contribution in [2.75, 3.05) is 13.2 Å². The maximum absolute atomic E-state index is 12.2. The number of benzene rings is 1. The summed E-state index contributed by atoms with van der Waals surface area (Å²) in [5.74, 6) is 0.253. The summed E-state index contributed by atoms with van der Waals surface area (Å²) in [4.78, 5) is 13.1. The molecule has 1 fully saturated rings. The molecule has 6 nitrogen and oxygen atoms in total. The van der Waals surface area contributed by atoms with Crippen molar-refractivity contribution in [2.24, 2.45) is 11.3 Å². The summed E-state index contributed by atoms with van der Waals surface area (Å²) in [7, 11) is -3.75. The minimum atomic E-state index is -3.75. The van der Waals surface area contributed by atoms with E-state index in [4.69, 9.17) is 4.18 Å². The lowest BCUT2D eigenvalue weighted by Gasteiger charge is -2.44. The highest BCUT2D eigenvalue weighted by atomic mass is 32.2. The van der Waals surface area contributed by atoms with Gasteiger partial charge in [-0.15, -0.1) is 0 Å². The van der Waals surface area contributed by atoms with Crippen LogP contribution in [0.2, 0.25) is 0 Å². The predicted octanol–water partition coefficient (Wildman–Crippen LogP) is 3.90. The molecule has 2 atom stereocenters. The van der Waals surface area contributed by atoms with Crippen molar-refractivity contribution in [1.29, 1.82) is 0 Å². The second kappa shape index (κ2) is 7.96. The molecular weight excluding hydrogens is 354 g/mol. The van der Waals surface area contributed by atoms with Gasteiger partial charge in [-0.05, 0) is 49.7 Å². The Hall–Kier alpha value is -1.60. The van der Waals surface area contributed by atoms with Crippen LogP contribution in [0.15, 0.2) is 29.2 Å². The summed E-state index contributed by atoms with van der Waals surface area (Å²) in [6.45, 7) is 8.60. The number of hydrogen-bond donors (Lipinski definition) is 1. The smallest absolute Gasteiger partial charge is 0.407 e. The Bertz CT molecular complexity index is 721. The zero-order valence-electron chi connectivity index (χ0n) is 15.9. The van der Waals surface area contributed by atoms with Gasteiger partial charge in [-0.3, -0.25) is 4.18 Å². The number of rotatable bonds is 5.